The van der Waals surface area contributed by atoms with E-state index in [9.17, 15) is 50.0 Å². The molecule has 0 saturated heterocycles. The van der Waals surface area contributed by atoms with Crippen molar-refractivity contribution < 1.29 is 59.0 Å². The lowest BCUT2D eigenvalue weighted by atomic mass is 9.85. The molecule has 1 fully saturated rings. The Morgan fingerprint density at radius 1 is 0.632 bits per heavy atom. The quantitative estimate of drug-likeness (QED) is 0.0180. The molecule has 57 heavy (non-hydrogen) atoms. The number of phosphoric acid groups is 1. The van der Waals surface area contributed by atoms with Gasteiger partial charge in [0.1, 0.15) is 36.6 Å². The fourth-order valence-corrected chi connectivity index (χ4v) is 8.09. The van der Waals surface area contributed by atoms with Crippen LogP contribution in [-0.4, -0.2) is 108 Å². The third-order valence-electron chi connectivity index (χ3n) is 10.8. The number of aliphatic hydroxyl groups is 7. The van der Waals surface area contributed by atoms with Crippen molar-refractivity contribution in [1.29, 1.82) is 0 Å². The molecule has 0 aliphatic heterocycles. The number of allylic oxidation sites excluding steroid dienone is 3. The van der Waals surface area contributed by atoms with Crippen molar-refractivity contribution in [2.24, 2.45) is 0 Å². The van der Waals surface area contributed by atoms with E-state index in [0.29, 0.717) is 12.8 Å². The van der Waals surface area contributed by atoms with Crippen LogP contribution in [-0.2, 0) is 18.4 Å². The van der Waals surface area contributed by atoms with E-state index in [1.54, 1.807) is 6.08 Å². The van der Waals surface area contributed by atoms with Gasteiger partial charge in [-0.05, 0) is 25.7 Å². The minimum atomic E-state index is -5.13. The zero-order valence-corrected chi connectivity index (χ0v) is 36.1. The van der Waals surface area contributed by atoms with E-state index in [1.165, 1.54) is 109 Å². The molecule has 13 nitrogen and oxygen atoms in total. The molecule has 14 heteroatoms. The lowest BCUT2D eigenvalue weighted by Gasteiger charge is -2.41. The van der Waals surface area contributed by atoms with Crippen LogP contribution in [0.3, 0.4) is 0 Å². The molecule has 1 amide bonds. The summed E-state index contributed by atoms with van der Waals surface area (Å²) in [7, 11) is -5.13. The van der Waals surface area contributed by atoms with Crippen LogP contribution in [0.2, 0.25) is 0 Å². The number of amides is 1. The molecular formula is C43H82NO12P. The summed E-state index contributed by atoms with van der Waals surface area (Å²) in [4.78, 5) is 23.4. The van der Waals surface area contributed by atoms with Gasteiger partial charge in [0.15, 0.2) is 0 Å². The third-order valence-corrected chi connectivity index (χ3v) is 11.8. The maximum absolute atomic E-state index is 12.9. The topological polar surface area (TPSA) is 226 Å². The number of unbranched alkanes of at least 4 members (excludes halogenated alkanes) is 21. The van der Waals surface area contributed by atoms with Crippen molar-refractivity contribution in [3.63, 3.8) is 0 Å². The molecule has 0 bridgehead atoms. The summed E-state index contributed by atoms with van der Waals surface area (Å²) in [6.07, 6.45) is 21.2. The van der Waals surface area contributed by atoms with Crippen molar-refractivity contribution in [3.8, 4) is 0 Å². The van der Waals surface area contributed by atoms with E-state index < -0.39 is 75.2 Å². The normalized spacial score (nSPS) is 24.2. The molecule has 9 N–H and O–H groups in total. The van der Waals surface area contributed by atoms with Gasteiger partial charge in [-0.3, -0.25) is 13.8 Å². The summed E-state index contributed by atoms with van der Waals surface area (Å²) in [5.74, 6) is -0.627. The second-order valence-corrected chi connectivity index (χ2v) is 17.5. The van der Waals surface area contributed by atoms with Gasteiger partial charge in [-0.1, -0.05) is 173 Å². The molecular weight excluding hydrogens is 753 g/mol. The number of carbonyl (C=O) groups is 1. The fraction of sp³-hybridized carbons (Fsp3) is 0.884. The van der Waals surface area contributed by atoms with Gasteiger partial charge >= 0.3 is 7.82 Å². The van der Waals surface area contributed by atoms with Gasteiger partial charge < -0.3 is 46.0 Å². The Morgan fingerprint density at radius 3 is 1.56 bits per heavy atom. The molecule has 0 heterocycles. The van der Waals surface area contributed by atoms with Crippen LogP contribution < -0.4 is 5.32 Å². The first-order valence-electron chi connectivity index (χ1n) is 22.4. The van der Waals surface area contributed by atoms with Crippen molar-refractivity contribution in [1.82, 2.24) is 5.32 Å². The van der Waals surface area contributed by atoms with E-state index in [0.717, 1.165) is 38.5 Å². The molecule has 0 spiro atoms. The molecule has 0 aromatic heterocycles. The van der Waals surface area contributed by atoms with Gasteiger partial charge in [0, 0.05) is 0 Å². The van der Waals surface area contributed by atoms with Gasteiger partial charge in [0.05, 0.1) is 31.3 Å². The predicted octanol–water partition coefficient (Wildman–Crippen LogP) is 6.81. The number of phosphoric ester groups is 1. The van der Waals surface area contributed by atoms with Crippen molar-refractivity contribution in [2.75, 3.05) is 6.61 Å². The van der Waals surface area contributed by atoms with Gasteiger partial charge in [0.25, 0.3) is 0 Å². The van der Waals surface area contributed by atoms with Crippen LogP contribution >= 0.6 is 7.82 Å². The van der Waals surface area contributed by atoms with Crippen LogP contribution in [0, 0.1) is 0 Å². The molecule has 0 aromatic carbocycles. The number of nitrogens with one attached hydrogen (secondary N) is 1. The second kappa shape index (κ2) is 33.5. The van der Waals surface area contributed by atoms with Crippen LogP contribution in [0.5, 0.6) is 0 Å². The summed E-state index contributed by atoms with van der Waals surface area (Å²) in [6, 6.07) is -1.18. The Labute approximate surface area is 344 Å². The lowest BCUT2D eigenvalue weighted by Crippen LogP contribution is -2.64. The average molecular weight is 836 g/mol. The molecule has 1 aliphatic rings. The largest absolute Gasteiger partial charge is 0.472 e. The highest BCUT2D eigenvalue weighted by Gasteiger charge is 2.51. The minimum absolute atomic E-state index is 0.257. The number of rotatable bonds is 36. The van der Waals surface area contributed by atoms with E-state index in [-0.39, 0.29) is 12.8 Å². The SMILES string of the molecule is CCCCCCCC/C=C\C/C=C\C(O)CC(=O)NC(COP(=O)(O)OC1C(O)C(O)C(O)C(O)C1O)C(O)CCCCCCCCCCCCCCCCCC. The highest BCUT2D eigenvalue weighted by atomic mass is 31.2. The highest BCUT2D eigenvalue weighted by molar-refractivity contribution is 7.47. The fourth-order valence-electron chi connectivity index (χ4n) is 7.13. The molecule has 8 atom stereocenters. The summed E-state index contributed by atoms with van der Waals surface area (Å²) < 4.78 is 22.8. The van der Waals surface area contributed by atoms with E-state index in [4.69, 9.17) is 9.05 Å². The van der Waals surface area contributed by atoms with Gasteiger partial charge in [-0.15, -0.1) is 0 Å². The monoisotopic (exact) mass is 836 g/mol. The Kier molecular flexibility index (Phi) is 31.6. The number of carbonyl (C=O) groups excluding carboxylic acids is 1. The number of aliphatic hydroxyl groups excluding tert-OH is 7. The third kappa shape index (κ3) is 25.9. The zero-order chi connectivity index (χ0) is 42.3. The molecule has 1 aliphatic carbocycles. The van der Waals surface area contributed by atoms with Crippen molar-refractivity contribution >= 4 is 13.7 Å². The van der Waals surface area contributed by atoms with E-state index in [2.05, 4.69) is 25.2 Å². The highest BCUT2D eigenvalue weighted by Crippen LogP contribution is 2.47. The summed E-state index contributed by atoms with van der Waals surface area (Å²) in [5.41, 5.74) is 0. The molecule has 8 unspecified atom stereocenters. The Balaban J connectivity index is 2.59. The summed E-state index contributed by atoms with van der Waals surface area (Å²) >= 11 is 0. The minimum Gasteiger partial charge on any atom is -0.391 e. The van der Waals surface area contributed by atoms with Gasteiger partial charge in [-0.2, -0.15) is 0 Å². The molecule has 0 radical (unpaired) electrons. The maximum Gasteiger partial charge on any atom is 0.472 e. The van der Waals surface area contributed by atoms with Crippen molar-refractivity contribution in [3.05, 3.63) is 24.3 Å². The first-order valence-corrected chi connectivity index (χ1v) is 23.9. The lowest BCUT2D eigenvalue weighted by molar-refractivity contribution is -0.220. The van der Waals surface area contributed by atoms with Crippen LogP contribution in [0.25, 0.3) is 0 Å². The van der Waals surface area contributed by atoms with Gasteiger partial charge in [-0.25, -0.2) is 4.57 Å². The van der Waals surface area contributed by atoms with Crippen LogP contribution in [0.15, 0.2) is 24.3 Å². The standard InChI is InChI=1S/C43H82NO12P/c1-3-5-7-9-11-13-15-16-17-18-19-21-23-25-27-29-31-36(46)35(33-55-57(53,54)56-43-41(51)39(49)38(48)40(50)42(43)52)44-37(47)32-34(45)30-28-26-24-22-20-14-12-10-8-6-4-2/h22,24,28,30,34-36,38-43,45-46,48-52H,3-21,23,25-27,29,31-33H2,1-2H3,(H,44,47)(H,53,54)/b24-22-,30-28-. The summed E-state index contributed by atoms with van der Waals surface area (Å²) in [6.45, 7) is 3.73. The summed E-state index contributed by atoms with van der Waals surface area (Å²) in [5, 5.41) is 74.3. The Morgan fingerprint density at radius 2 is 1.07 bits per heavy atom. The van der Waals surface area contributed by atoms with E-state index in [1.807, 2.05) is 6.08 Å². The Hall–Kier alpha value is -1.22. The number of hydrogen-bond donors (Lipinski definition) is 9. The predicted molar refractivity (Wildman–Crippen MR) is 224 cm³/mol. The zero-order valence-electron chi connectivity index (χ0n) is 35.3. The second-order valence-electron chi connectivity index (χ2n) is 16.1. The Bertz CT molecular complexity index is 1080. The molecule has 0 aromatic rings. The number of hydrogen-bond acceptors (Lipinski definition) is 11. The van der Waals surface area contributed by atoms with Crippen molar-refractivity contribution in [2.45, 2.75) is 236 Å². The van der Waals surface area contributed by atoms with Crippen LogP contribution in [0.4, 0.5) is 0 Å². The smallest absolute Gasteiger partial charge is 0.391 e. The molecule has 336 valence electrons. The maximum atomic E-state index is 12.9. The van der Waals surface area contributed by atoms with Gasteiger partial charge in [0.2, 0.25) is 5.91 Å². The molecule has 1 rings (SSSR count). The molecule has 1 saturated carbocycles. The first kappa shape index (κ1) is 53.8. The first-order chi connectivity index (χ1) is 27.3. The van der Waals surface area contributed by atoms with Crippen LogP contribution in [0.1, 0.15) is 181 Å². The van der Waals surface area contributed by atoms with E-state index >= 15 is 0 Å². The average Bonchev–Trinajstić information content (AvgIpc) is 3.18.